The van der Waals surface area contributed by atoms with Crippen LogP contribution in [0.4, 0.5) is 0 Å². The second kappa shape index (κ2) is 4.80. The van der Waals surface area contributed by atoms with Crippen molar-refractivity contribution in [2.45, 2.75) is 53.0 Å². The summed E-state index contributed by atoms with van der Waals surface area (Å²) in [7, 11) is 0. The van der Waals surface area contributed by atoms with E-state index in [1.54, 1.807) is 0 Å². The van der Waals surface area contributed by atoms with Gasteiger partial charge in [-0.05, 0) is 30.1 Å². The Morgan fingerprint density at radius 3 is 2.32 bits per heavy atom. The van der Waals surface area contributed by atoms with Crippen molar-refractivity contribution in [1.29, 1.82) is 0 Å². The number of hydrogen-bond acceptors (Lipinski definition) is 2. The average Bonchev–Trinajstić information content (AvgIpc) is 2.74. The highest BCUT2D eigenvalue weighted by Gasteiger charge is 2.66. The first-order valence-corrected chi connectivity index (χ1v) is 7.33. The first-order valence-electron chi connectivity index (χ1n) is 7.33. The van der Waals surface area contributed by atoms with Crippen molar-refractivity contribution in [2.75, 3.05) is 0 Å². The molecular weight excluding hydrogens is 242 g/mol. The van der Waals surface area contributed by atoms with E-state index in [1.165, 1.54) is 6.42 Å². The average molecular weight is 267 g/mol. The van der Waals surface area contributed by atoms with E-state index in [-0.39, 0.29) is 17.9 Å². The summed E-state index contributed by atoms with van der Waals surface area (Å²) >= 11 is 0. The van der Waals surface area contributed by atoms with Gasteiger partial charge in [-0.1, -0.05) is 34.1 Å². The molecule has 108 valence electrons. The summed E-state index contributed by atoms with van der Waals surface area (Å²) in [6, 6.07) is 0.225. The Hall–Kier alpha value is -1.06. The van der Waals surface area contributed by atoms with Gasteiger partial charge in [0.05, 0.1) is 11.8 Å². The normalized spacial score (nSPS) is 39.9. The second-order valence-electron chi connectivity index (χ2n) is 6.83. The molecule has 0 aromatic rings. The van der Waals surface area contributed by atoms with Crippen LogP contribution >= 0.6 is 0 Å². The van der Waals surface area contributed by atoms with Gasteiger partial charge in [0, 0.05) is 6.04 Å². The lowest BCUT2D eigenvalue weighted by Gasteiger charge is -2.21. The molecule has 0 bridgehead atoms. The summed E-state index contributed by atoms with van der Waals surface area (Å²) in [5.74, 6) is -0.613. The number of hydrogen-bond donors (Lipinski definition) is 2. The number of carboxylic acids is 1. The van der Waals surface area contributed by atoms with E-state index in [1.807, 2.05) is 13.8 Å². The molecule has 2 N–H and O–H groups in total. The van der Waals surface area contributed by atoms with E-state index in [4.69, 9.17) is 5.11 Å². The fourth-order valence-electron chi connectivity index (χ4n) is 3.89. The largest absolute Gasteiger partial charge is 0.481 e. The van der Waals surface area contributed by atoms with Gasteiger partial charge >= 0.3 is 5.97 Å². The molecule has 4 nitrogen and oxygen atoms in total. The van der Waals surface area contributed by atoms with E-state index >= 15 is 0 Å². The van der Waals surface area contributed by atoms with Gasteiger partial charge in [-0.15, -0.1) is 0 Å². The molecule has 0 aromatic carbocycles. The van der Waals surface area contributed by atoms with Gasteiger partial charge in [-0.2, -0.15) is 0 Å². The van der Waals surface area contributed by atoms with Gasteiger partial charge in [0.2, 0.25) is 5.91 Å². The van der Waals surface area contributed by atoms with Gasteiger partial charge in [0.1, 0.15) is 0 Å². The lowest BCUT2D eigenvalue weighted by Crippen LogP contribution is -2.39. The first-order chi connectivity index (χ1) is 8.80. The molecule has 0 aromatic heterocycles. The lowest BCUT2D eigenvalue weighted by atomic mass is 9.93. The maximum Gasteiger partial charge on any atom is 0.307 e. The molecule has 4 heteroatoms. The molecule has 0 heterocycles. The van der Waals surface area contributed by atoms with E-state index in [9.17, 15) is 9.59 Å². The Bertz CT molecular complexity index is 391. The fourth-order valence-corrected chi connectivity index (χ4v) is 3.89. The zero-order valence-electron chi connectivity index (χ0n) is 12.3. The molecule has 5 atom stereocenters. The number of carboxylic acid groups (broad SMARTS) is 1. The van der Waals surface area contributed by atoms with Crippen LogP contribution in [-0.2, 0) is 9.59 Å². The minimum absolute atomic E-state index is 0.0639. The first kappa shape index (κ1) is 14.4. The van der Waals surface area contributed by atoms with Crippen molar-refractivity contribution in [1.82, 2.24) is 5.32 Å². The summed E-state index contributed by atoms with van der Waals surface area (Å²) in [4.78, 5) is 23.4. The van der Waals surface area contributed by atoms with E-state index in [0.29, 0.717) is 11.8 Å². The molecule has 1 amide bonds. The molecule has 2 fully saturated rings. The molecular formula is C15H25NO3. The summed E-state index contributed by atoms with van der Waals surface area (Å²) in [6.07, 6.45) is 3.34. The minimum atomic E-state index is -0.851. The van der Waals surface area contributed by atoms with Crippen LogP contribution < -0.4 is 5.32 Å². The highest BCUT2D eigenvalue weighted by Crippen LogP contribution is 2.58. The van der Waals surface area contributed by atoms with Crippen LogP contribution in [0.15, 0.2) is 0 Å². The third kappa shape index (κ3) is 2.37. The van der Waals surface area contributed by atoms with Crippen LogP contribution in [0.3, 0.4) is 0 Å². The second-order valence-corrected chi connectivity index (χ2v) is 6.83. The van der Waals surface area contributed by atoms with Gasteiger partial charge in [-0.25, -0.2) is 0 Å². The van der Waals surface area contributed by atoms with Crippen molar-refractivity contribution in [3.8, 4) is 0 Å². The van der Waals surface area contributed by atoms with E-state index in [2.05, 4.69) is 19.2 Å². The topological polar surface area (TPSA) is 66.4 Å². The molecule has 2 aliphatic rings. The number of carbonyl (C=O) groups is 2. The zero-order chi connectivity index (χ0) is 14.4. The Balaban J connectivity index is 1.95. The molecule has 0 saturated heterocycles. The molecule has 2 aliphatic carbocycles. The molecule has 19 heavy (non-hydrogen) atoms. The van der Waals surface area contributed by atoms with E-state index in [0.717, 1.165) is 12.8 Å². The number of rotatable bonds is 4. The number of aliphatic carboxylic acids is 1. The van der Waals surface area contributed by atoms with Crippen LogP contribution in [0.5, 0.6) is 0 Å². The highest BCUT2D eigenvalue weighted by atomic mass is 16.4. The summed E-state index contributed by atoms with van der Waals surface area (Å²) in [5, 5.41) is 12.2. The molecule has 0 radical (unpaired) electrons. The van der Waals surface area contributed by atoms with Gasteiger partial charge in [0.25, 0.3) is 0 Å². The third-order valence-corrected chi connectivity index (χ3v) is 5.45. The SMILES string of the molecule is CCC1CCC(NC(=O)[C@H]2[C@@H](C(=O)O)C2(C)C)C1C. The summed E-state index contributed by atoms with van der Waals surface area (Å²) in [5.41, 5.74) is -0.401. The smallest absolute Gasteiger partial charge is 0.307 e. The predicted octanol–water partition coefficient (Wildman–Crippen LogP) is 2.28. The number of nitrogens with one attached hydrogen (secondary N) is 1. The Morgan fingerprint density at radius 1 is 1.26 bits per heavy atom. The minimum Gasteiger partial charge on any atom is -0.481 e. The van der Waals surface area contributed by atoms with Crippen LogP contribution in [0.1, 0.15) is 47.0 Å². The monoisotopic (exact) mass is 267 g/mol. The quantitative estimate of drug-likeness (QED) is 0.821. The molecule has 2 saturated carbocycles. The van der Waals surface area contributed by atoms with Crippen molar-refractivity contribution in [3.63, 3.8) is 0 Å². The lowest BCUT2D eigenvalue weighted by molar-refractivity contribution is -0.140. The van der Waals surface area contributed by atoms with Gasteiger partial charge < -0.3 is 10.4 Å². The third-order valence-electron chi connectivity index (χ3n) is 5.45. The standard InChI is InChI=1S/C15H25NO3/c1-5-9-6-7-10(8(9)2)16-13(17)11-12(14(18)19)15(11,3)4/h8-12H,5-7H2,1-4H3,(H,16,17)(H,18,19)/t8?,9?,10?,11-,12+/m1/s1. The summed E-state index contributed by atoms with van der Waals surface area (Å²) < 4.78 is 0. The Morgan fingerprint density at radius 2 is 1.89 bits per heavy atom. The van der Waals surface area contributed by atoms with Crippen LogP contribution in [0, 0.1) is 29.1 Å². The van der Waals surface area contributed by atoms with Crippen LogP contribution in [0.25, 0.3) is 0 Å². The zero-order valence-corrected chi connectivity index (χ0v) is 12.3. The molecule has 2 rings (SSSR count). The molecule has 3 unspecified atom stereocenters. The summed E-state index contributed by atoms with van der Waals surface area (Å²) in [6.45, 7) is 8.11. The van der Waals surface area contributed by atoms with Crippen LogP contribution in [0.2, 0.25) is 0 Å². The highest BCUT2D eigenvalue weighted by molar-refractivity contribution is 5.91. The number of amides is 1. The van der Waals surface area contributed by atoms with Gasteiger partial charge in [-0.3, -0.25) is 9.59 Å². The Labute approximate surface area is 115 Å². The van der Waals surface area contributed by atoms with E-state index < -0.39 is 17.3 Å². The van der Waals surface area contributed by atoms with Crippen molar-refractivity contribution < 1.29 is 14.7 Å². The van der Waals surface area contributed by atoms with Crippen molar-refractivity contribution in [2.24, 2.45) is 29.1 Å². The maximum absolute atomic E-state index is 12.3. The van der Waals surface area contributed by atoms with Gasteiger partial charge in [0.15, 0.2) is 0 Å². The van der Waals surface area contributed by atoms with Crippen molar-refractivity contribution >= 4 is 11.9 Å². The fraction of sp³-hybridized carbons (Fsp3) is 0.867. The Kier molecular flexibility index (Phi) is 3.63. The van der Waals surface area contributed by atoms with Crippen LogP contribution in [-0.4, -0.2) is 23.0 Å². The van der Waals surface area contributed by atoms with Crippen molar-refractivity contribution in [3.05, 3.63) is 0 Å². The number of carbonyl (C=O) groups excluding carboxylic acids is 1. The molecule has 0 aliphatic heterocycles. The molecule has 0 spiro atoms. The predicted molar refractivity (Wildman–Crippen MR) is 72.5 cm³/mol. The maximum atomic E-state index is 12.3.